The first-order valence-corrected chi connectivity index (χ1v) is 12.5. The summed E-state index contributed by atoms with van der Waals surface area (Å²) in [5, 5.41) is 0.285. The van der Waals surface area contributed by atoms with Crippen molar-refractivity contribution in [3.63, 3.8) is 0 Å². The number of halogens is 5. The smallest absolute Gasteiger partial charge is 0.421 e. The fourth-order valence-corrected chi connectivity index (χ4v) is 5.37. The van der Waals surface area contributed by atoms with Crippen LogP contribution in [0.25, 0.3) is 33.9 Å². The van der Waals surface area contributed by atoms with Gasteiger partial charge in [0.05, 0.1) is 16.8 Å². The summed E-state index contributed by atoms with van der Waals surface area (Å²) in [5.41, 5.74) is 0.807. The van der Waals surface area contributed by atoms with E-state index in [1.807, 2.05) is 0 Å². The zero-order valence-corrected chi connectivity index (χ0v) is 20.5. The number of aromatic nitrogens is 4. The Morgan fingerprint density at radius 1 is 0.944 bits per heavy atom. The molecule has 0 bridgehead atoms. The Labute approximate surface area is 207 Å². The van der Waals surface area contributed by atoms with Crippen LogP contribution in [0.4, 0.5) is 17.6 Å². The molecule has 2 aromatic carbocycles. The van der Waals surface area contributed by atoms with E-state index in [1.54, 1.807) is 24.3 Å². The van der Waals surface area contributed by atoms with Gasteiger partial charge in [0.1, 0.15) is 11.5 Å². The molecule has 190 valence electrons. The molecule has 0 atom stereocenters. The van der Waals surface area contributed by atoms with E-state index in [1.165, 1.54) is 30.2 Å². The number of alkyl halides is 4. The Balaban J connectivity index is 1.75. The molecule has 0 saturated carbocycles. The highest BCUT2D eigenvalue weighted by molar-refractivity contribution is 7.91. The zero-order chi connectivity index (χ0) is 26.2. The number of hydrogen-bond acceptors (Lipinski definition) is 6. The Bertz CT molecular complexity index is 1650. The van der Waals surface area contributed by atoms with Crippen LogP contribution in [0.1, 0.15) is 6.92 Å². The number of hydrogen-bond donors (Lipinski definition) is 0. The van der Waals surface area contributed by atoms with Gasteiger partial charge >= 0.3 is 12.2 Å². The number of benzene rings is 2. The number of aryl methyl sites for hydroxylation is 1. The van der Waals surface area contributed by atoms with E-state index in [9.17, 15) is 26.0 Å². The Kier molecular flexibility index (Phi) is 5.31. The lowest BCUT2D eigenvalue weighted by molar-refractivity contribution is -0.391. The van der Waals surface area contributed by atoms with Gasteiger partial charge in [-0.2, -0.15) is 17.6 Å². The molecular formula is C22H17ClF4N4O4S. The van der Waals surface area contributed by atoms with Crippen molar-refractivity contribution >= 4 is 32.5 Å². The van der Waals surface area contributed by atoms with Gasteiger partial charge in [-0.05, 0) is 12.1 Å². The first-order chi connectivity index (χ1) is 16.8. The average molecular weight is 545 g/mol. The Hall–Kier alpha value is -3.32. The topological polar surface area (TPSA) is 88.2 Å². The Morgan fingerprint density at radius 2 is 1.58 bits per heavy atom. The van der Waals surface area contributed by atoms with Gasteiger partial charge in [-0.15, -0.1) is 0 Å². The quantitative estimate of drug-likeness (QED) is 0.334. The molecule has 4 aromatic rings. The van der Waals surface area contributed by atoms with Gasteiger partial charge in [0.25, 0.3) is 0 Å². The van der Waals surface area contributed by atoms with Gasteiger partial charge in [0, 0.05) is 36.8 Å². The van der Waals surface area contributed by atoms with Crippen molar-refractivity contribution in [3.05, 3.63) is 41.4 Å². The van der Waals surface area contributed by atoms with Crippen LogP contribution in [-0.2, 0) is 23.9 Å². The fourth-order valence-electron chi connectivity index (χ4n) is 3.97. The molecule has 2 aromatic heterocycles. The fraction of sp³-hybridized carbons (Fsp3) is 0.273. The van der Waals surface area contributed by atoms with E-state index in [-0.39, 0.29) is 39.2 Å². The van der Waals surface area contributed by atoms with Gasteiger partial charge in [0.2, 0.25) is 0 Å². The van der Waals surface area contributed by atoms with Gasteiger partial charge in [-0.25, -0.2) is 18.4 Å². The molecule has 5 rings (SSSR count). The van der Waals surface area contributed by atoms with Crippen LogP contribution < -0.4 is 9.47 Å². The lowest BCUT2D eigenvalue weighted by Crippen LogP contribution is -2.52. The van der Waals surface area contributed by atoms with Crippen LogP contribution in [0, 0.1) is 0 Å². The molecule has 0 aliphatic carbocycles. The maximum atomic E-state index is 13.7. The molecule has 3 heterocycles. The van der Waals surface area contributed by atoms with Crippen LogP contribution in [-0.4, -0.2) is 45.5 Å². The minimum absolute atomic E-state index is 0.0107. The van der Waals surface area contributed by atoms with E-state index >= 15 is 0 Å². The molecule has 0 spiro atoms. The summed E-state index contributed by atoms with van der Waals surface area (Å²) >= 11 is 6.11. The lowest BCUT2D eigenvalue weighted by Gasteiger charge is -2.31. The monoisotopic (exact) mass is 544 g/mol. The predicted molar refractivity (Wildman–Crippen MR) is 122 cm³/mol. The number of nitrogens with zero attached hydrogens (tertiary/aromatic N) is 4. The first-order valence-electron chi connectivity index (χ1n) is 10.5. The first kappa shape index (κ1) is 24.4. The molecule has 0 fully saturated rings. The molecule has 0 saturated heterocycles. The minimum Gasteiger partial charge on any atom is -0.421 e. The molecule has 0 N–H and O–H groups in total. The number of ether oxygens (including phenoxy) is 2. The summed E-state index contributed by atoms with van der Waals surface area (Å²) in [7, 11) is -0.805. The summed E-state index contributed by atoms with van der Waals surface area (Å²) in [6, 6.07) is 8.76. The van der Waals surface area contributed by atoms with Crippen molar-refractivity contribution < 1.29 is 35.5 Å². The molecular weight excluding hydrogens is 528 g/mol. The predicted octanol–water partition coefficient (Wildman–Crippen LogP) is 5.04. The van der Waals surface area contributed by atoms with E-state index in [4.69, 9.17) is 11.6 Å². The summed E-state index contributed by atoms with van der Waals surface area (Å²) in [5.74, 6) is -1.14. The molecule has 0 unspecified atom stereocenters. The highest BCUT2D eigenvalue weighted by Gasteiger charge is 2.66. The molecule has 1 aliphatic rings. The standard InChI is InChI=1S/C22H17ClF4N4O4S/c1-4-36(32,33)20-17(29-18(31(20)3)11-6-5-7-12(23)8-11)19-28-13-9-15-16(10-14(13)30(19)2)35-22(26,27)21(24,25)34-15/h5-10H,4H2,1-3H3. The summed E-state index contributed by atoms with van der Waals surface area (Å²) in [6.45, 7) is 1.48. The second-order valence-electron chi connectivity index (χ2n) is 8.08. The number of fused-ring (bicyclic) bond motifs is 2. The van der Waals surface area contributed by atoms with E-state index in [0.29, 0.717) is 10.6 Å². The number of rotatable bonds is 4. The maximum Gasteiger partial charge on any atom is 0.507 e. The van der Waals surface area contributed by atoms with Crippen LogP contribution >= 0.6 is 11.6 Å². The lowest BCUT2D eigenvalue weighted by atomic mass is 10.2. The van der Waals surface area contributed by atoms with E-state index in [0.717, 1.165) is 12.1 Å². The van der Waals surface area contributed by atoms with E-state index < -0.39 is 33.6 Å². The van der Waals surface area contributed by atoms with Gasteiger partial charge < -0.3 is 18.6 Å². The summed E-state index contributed by atoms with van der Waals surface area (Å²) in [4.78, 5) is 8.92. The second-order valence-corrected chi connectivity index (χ2v) is 10.7. The summed E-state index contributed by atoms with van der Waals surface area (Å²) < 4.78 is 92.1. The number of sulfone groups is 1. The van der Waals surface area contributed by atoms with Crippen molar-refractivity contribution in [1.82, 2.24) is 19.1 Å². The summed E-state index contributed by atoms with van der Waals surface area (Å²) in [6.07, 6.45) is -9.77. The van der Waals surface area contributed by atoms with Crippen molar-refractivity contribution in [1.29, 1.82) is 0 Å². The third-order valence-electron chi connectivity index (χ3n) is 5.77. The maximum absolute atomic E-state index is 13.7. The normalized spacial score (nSPS) is 16.4. The second kappa shape index (κ2) is 7.84. The molecule has 14 heteroatoms. The largest absolute Gasteiger partial charge is 0.507 e. The van der Waals surface area contributed by atoms with Crippen LogP contribution in [0.2, 0.25) is 5.02 Å². The molecule has 8 nitrogen and oxygen atoms in total. The van der Waals surface area contributed by atoms with Crippen molar-refractivity contribution in [2.45, 2.75) is 24.2 Å². The minimum atomic E-state index is -4.89. The van der Waals surface area contributed by atoms with Gasteiger partial charge in [-0.1, -0.05) is 30.7 Å². The zero-order valence-electron chi connectivity index (χ0n) is 18.9. The number of imidazole rings is 2. The van der Waals surface area contributed by atoms with Gasteiger partial charge in [-0.3, -0.25) is 0 Å². The molecule has 1 aliphatic heterocycles. The van der Waals surface area contributed by atoms with Crippen molar-refractivity contribution in [3.8, 4) is 34.4 Å². The van der Waals surface area contributed by atoms with Gasteiger partial charge in [0.15, 0.2) is 32.2 Å². The van der Waals surface area contributed by atoms with Crippen LogP contribution in [0.3, 0.4) is 0 Å². The molecule has 0 amide bonds. The van der Waals surface area contributed by atoms with Crippen LogP contribution in [0.5, 0.6) is 11.5 Å². The van der Waals surface area contributed by atoms with Crippen LogP contribution in [0.15, 0.2) is 41.4 Å². The Morgan fingerprint density at radius 3 is 2.19 bits per heavy atom. The highest BCUT2D eigenvalue weighted by atomic mass is 35.5. The van der Waals surface area contributed by atoms with Crippen molar-refractivity contribution in [2.24, 2.45) is 14.1 Å². The average Bonchev–Trinajstić information content (AvgIpc) is 3.30. The van der Waals surface area contributed by atoms with E-state index in [2.05, 4.69) is 19.4 Å². The highest BCUT2D eigenvalue weighted by Crippen LogP contribution is 2.48. The SMILES string of the molecule is CCS(=O)(=O)c1c(-c2nc3cc4c(cc3n2C)OC(F)(F)C(F)(F)O4)nc(-c2cccc(Cl)c2)n1C. The molecule has 0 radical (unpaired) electrons. The molecule has 36 heavy (non-hydrogen) atoms. The third-order valence-corrected chi connectivity index (χ3v) is 7.82. The van der Waals surface area contributed by atoms with Crippen molar-refractivity contribution in [2.75, 3.05) is 5.75 Å². The third kappa shape index (κ3) is 3.60.